The molecule has 1 aromatic heterocycles. The number of nitrogens with one attached hydrogen (secondary N) is 2. The Morgan fingerprint density at radius 3 is 2.21 bits per heavy atom. The molecule has 3 aromatic carbocycles. The van der Waals surface area contributed by atoms with Crippen molar-refractivity contribution in [3.05, 3.63) is 78.1 Å². The van der Waals surface area contributed by atoms with E-state index in [1.54, 1.807) is 69.3 Å². The second-order valence-electron chi connectivity index (χ2n) is 8.99. The van der Waals surface area contributed by atoms with E-state index in [1.165, 1.54) is 25.2 Å². The lowest BCUT2D eigenvalue weighted by molar-refractivity contribution is 0.0964. The second kappa shape index (κ2) is 8.70. The van der Waals surface area contributed by atoms with Gasteiger partial charge in [-0.15, -0.1) is 0 Å². The summed E-state index contributed by atoms with van der Waals surface area (Å²) in [6.45, 7) is 5.33. The van der Waals surface area contributed by atoms with Gasteiger partial charge in [0.05, 0.1) is 10.5 Å². The lowest BCUT2D eigenvalue weighted by atomic mass is 10.00. The van der Waals surface area contributed by atoms with Gasteiger partial charge in [0, 0.05) is 23.5 Å². The molecule has 0 spiro atoms. The Kier molecular flexibility index (Phi) is 6.05. The molecule has 1 heterocycles. The van der Waals surface area contributed by atoms with E-state index >= 15 is 0 Å². The minimum absolute atomic E-state index is 0.144. The normalized spacial score (nSPS) is 12.1. The van der Waals surface area contributed by atoms with Crippen LogP contribution in [0.2, 0.25) is 0 Å². The summed E-state index contributed by atoms with van der Waals surface area (Å²) in [5, 5.41) is 3.20. The molecule has 0 bridgehead atoms. The third-order valence-corrected chi connectivity index (χ3v) is 6.92. The van der Waals surface area contributed by atoms with E-state index in [9.17, 15) is 17.6 Å². The molecule has 1 amide bonds. The van der Waals surface area contributed by atoms with Gasteiger partial charge >= 0.3 is 0 Å². The summed E-state index contributed by atoms with van der Waals surface area (Å²) in [5.74, 6) is -0.405. The molecule has 0 saturated carbocycles. The van der Waals surface area contributed by atoms with Crippen molar-refractivity contribution in [2.75, 3.05) is 7.05 Å². The first-order valence-electron chi connectivity index (χ1n) is 10.7. The highest BCUT2D eigenvalue weighted by molar-refractivity contribution is 7.89. The largest absolute Gasteiger partial charge is 0.455 e. The molecule has 6 nitrogen and oxygen atoms in total. The van der Waals surface area contributed by atoms with E-state index in [0.717, 1.165) is 5.56 Å². The zero-order valence-electron chi connectivity index (χ0n) is 19.3. The highest BCUT2D eigenvalue weighted by atomic mass is 32.2. The van der Waals surface area contributed by atoms with E-state index in [1.807, 2.05) is 0 Å². The number of rotatable bonds is 5. The molecular weight excluding hydrogens is 455 g/mol. The zero-order valence-corrected chi connectivity index (χ0v) is 20.1. The maximum absolute atomic E-state index is 13.4. The van der Waals surface area contributed by atoms with Crippen molar-refractivity contribution in [1.29, 1.82) is 0 Å². The standard InChI is InChI=1S/C26H25FN2O4S/c1-26(2,3)29-34(31,32)20-7-5-6-17(14-20)18-10-13-22-21(15-18)23(25(30)28-4)24(33-22)16-8-11-19(27)12-9-16/h5-15,29H,1-4H3,(H,28,30). The summed E-state index contributed by atoms with van der Waals surface area (Å²) in [4.78, 5) is 12.9. The quantitative estimate of drug-likeness (QED) is 0.403. The van der Waals surface area contributed by atoms with Crippen LogP contribution in [0.5, 0.6) is 0 Å². The molecule has 8 heteroatoms. The predicted octanol–water partition coefficient (Wildman–Crippen LogP) is 5.34. The van der Waals surface area contributed by atoms with Crippen LogP contribution in [0.25, 0.3) is 33.4 Å². The number of sulfonamides is 1. The number of hydrogen-bond donors (Lipinski definition) is 2. The van der Waals surface area contributed by atoms with Gasteiger partial charge in [0.25, 0.3) is 5.91 Å². The Bertz CT molecular complexity index is 1480. The first-order valence-corrected chi connectivity index (χ1v) is 12.2. The number of hydrogen-bond acceptors (Lipinski definition) is 4. The van der Waals surface area contributed by atoms with Gasteiger partial charge in [0.1, 0.15) is 17.2 Å². The Balaban J connectivity index is 1.85. The van der Waals surface area contributed by atoms with Crippen molar-refractivity contribution in [2.24, 2.45) is 0 Å². The van der Waals surface area contributed by atoms with Crippen LogP contribution in [0.3, 0.4) is 0 Å². The van der Waals surface area contributed by atoms with Gasteiger partial charge in [-0.2, -0.15) is 0 Å². The highest BCUT2D eigenvalue weighted by Crippen LogP contribution is 2.36. The smallest absolute Gasteiger partial charge is 0.255 e. The molecule has 4 rings (SSSR count). The van der Waals surface area contributed by atoms with E-state index in [-0.39, 0.29) is 16.6 Å². The highest BCUT2D eigenvalue weighted by Gasteiger charge is 2.24. The van der Waals surface area contributed by atoms with Crippen LogP contribution >= 0.6 is 0 Å². The van der Waals surface area contributed by atoms with Crippen LogP contribution in [0.15, 0.2) is 76.0 Å². The van der Waals surface area contributed by atoms with Gasteiger partial charge < -0.3 is 9.73 Å². The minimum atomic E-state index is -3.72. The molecule has 0 aliphatic carbocycles. The number of fused-ring (bicyclic) bond motifs is 1. The van der Waals surface area contributed by atoms with Crippen molar-refractivity contribution in [3.8, 4) is 22.5 Å². The SMILES string of the molecule is CNC(=O)c1c(-c2ccc(F)cc2)oc2ccc(-c3cccc(S(=O)(=O)NC(C)(C)C)c3)cc12. The number of carbonyl (C=O) groups excluding carboxylic acids is 1. The molecule has 4 aromatic rings. The number of amides is 1. The van der Waals surface area contributed by atoms with Crippen molar-refractivity contribution in [1.82, 2.24) is 10.0 Å². The van der Waals surface area contributed by atoms with Gasteiger partial charge in [0.2, 0.25) is 10.0 Å². The van der Waals surface area contributed by atoms with E-state index in [0.29, 0.717) is 33.4 Å². The topological polar surface area (TPSA) is 88.4 Å². The monoisotopic (exact) mass is 480 g/mol. The molecule has 0 unspecified atom stereocenters. The van der Waals surface area contributed by atoms with Gasteiger partial charge in [-0.25, -0.2) is 17.5 Å². The third-order valence-electron chi connectivity index (χ3n) is 5.17. The average Bonchev–Trinajstić information content (AvgIpc) is 3.16. The lowest BCUT2D eigenvalue weighted by Crippen LogP contribution is -2.40. The van der Waals surface area contributed by atoms with E-state index in [2.05, 4.69) is 10.0 Å². The van der Waals surface area contributed by atoms with Crippen LogP contribution in [0.4, 0.5) is 4.39 Å². The fourth-order valence-corrected chi connectivity index (χ4v) is 5.20. The van der Waals surface area contributed by atoms with Gasteiger partial charge in [-0.1, -0.05) is 18.2 Å². The molecular formula is C26H25FN2O4S. The summed E-state index contributed by atoms with van der Waals surface area (Å²) >= 11 is 0. The first-order chi connectivity index (χ1) is 16.0. The first kappa shape index (κ1) is 23.7. The number of carbonyl (C=O) groups is 1. The van der Waals surface area contributed by atoms with Gasteiger partial charge in [-0.3, -0.25) is 4.79 Å². The molecule has 0 aliphatic rings. The molecule has 0 fully saturated rings. The van der Waals surface area contributed by atoms with E-state index < -0.39 is 15.6 Å². The fourth-order valence-electron chi connectivity index (χ4n) is 3.74. The Labute approximate surface area is 197 Å². The predicted molar refractivity (Wildman–Crippen MR) is 131 cm³/mol. The van der Waals surface area contributed by atoms with E-state index in [4.69, 9.17) is 4.42 Å². The van der Waals surface area contributed by atoms with Crippen LogP contribution in [0, 0.1) is 5.82 Å². The van der Waals surface area contributed by atoms with Crippen molar-refractivity contribution >= 4 is 26.9 Å². The molecule has 0 atom stereocenters. The molecule has 0 aliphatic heterocycles. The molecule has 34 heavy (non-hydrogen) atoms. The number of furan rings is 1. The Morgan fingerprint density at radius 1 is 0.912 bits per heavy atom. The summed E-state index contributed by atoms with van der Waals surface area (Å²) in [5.41, 5.74) is 2.15. The van der Waals surface area contributed by atoms with Crippen molar-refractivity contribution in [3.63, 3.8) is 0 Å². The average molecular weight is 481 g/mol. The van der Waals surface area contributed by atoms with Gasteiger partial charge in [-0.05, 0) is 80.4 Å². The van der Waals surface area contributed by atoms with Crippen LogP contribution in [-0.4, -0.2) is 26.9 Å². The van der Waals surface area contributed by atoms with Gasteiger partial charge in [0.15, 0.2) is 0 Å². The van der Waals surface area contributed by atoms with Crippen molar-refractivity contribution < 1.29 is 22.0 Å². The third kappa shape index (κ3) is 4.73. The fraction of sp³-hybridized carbons (Fsp3) is 0.192. The molecule has 0 saturated heterocycles. The van der Waals surface area contributed by atoms with Crippen molar-refractivity contribution in [2.45, 2.75) is 31.2 Å². The zero-order chi connectivity index (χ0) is 24.7. The Morgan fingerprint density at radius 2 is 1.56 bits per heavy atom. The minimum Gasteiger partial charge on any atom is -0.455 e. The lowest BCUT2D eigenvalue weighted by Gasteiger charge is -2.20. The van der Waals surface area contributed by atoms with Crippen LogP contribution < -0.4 is 10.0 Å². The summed E-state index contributed by atoms with van der Waals surface area (Å²) in [7, 11) is -2.19. The maximum Gasteiger partial charge on any atom is 0.255 e. The van der Waals surface area contributed by atoms with Crippen LogP contribution in [-0.2, 0) is 10.0 Å². The summed E-state index contributed by atoms with van der Waals surface area (Å²) < 4.78 is 47.7. The molecule has 0 radical (unpaired) electrons. The maximum atomic E-state index is 13.4. The molecule has 176 valence electrons. The Hall–Kier alpha value is -3.49. The summed E-state index contributed by atoms with van der Waals surface area (Å²) in [6, 6.07) is 17.7. The second-order valence-corrected chi connectivity index (χ2v) is 10.7. The number of benzene rings is 3. The van der Waals surface area contributed by atoms with Crippen LogP contribution in [0.1, 0.15) is 31.1 Å². The summed E-state index contributed by atoms with van der Waals surface area (Å²) in [6.07, 6.45) is 0. The molecule has 2 N–H and O–H groups in total. The number of halogens is 1.